The molecule has 2 amide bonds. The van der Waals surface area contributed by atoms with Crippen molar-refractivity contribution < 1.29 is 14.0 Å². The number of primary amides is 2. The molecule has 0 atom stereocenters. The molecular formula is C9H7N3O3. The largest absolute Gasteiger partial charge is 0.444 e. The molecule has 6 nitrogen and oxygen atoms in total. The zero-order chi connectivity index (χ0) is 11.0. The Morgan fingerprint density at radius 3 is 2.33 bits per heavy atom. The maximum absolute atomic E-state index is 11.0. The van der Waals surface area contributed by atoms with E-state index < -0.39 is 11.8 Å². The van der Waals surface area contributed by atoms with Gasteiger partial charge in [-0.15, -0.1) is 0 Å². The number of hydrogen-bond acceptors (Lipinski definition) is 4. The van der Waals surface area contributed by atoms with Crippen LogP contribution in [0.25, 0.3) is 10.8 Å². The summed E-state index contributed by atoms with van der Waals surface area (Å²) in [5.74, 6) is -1.70. The van der Waals surface area contributed by atoms with Crippen LogP contribution >= 0.6 is 0 Å². The van der Waals surface area contributed by atoms with E-state index in [-0.39, 0.29) is 11.5 Å². The average molecular weight is 205 g/mol. The van der Waals surface area contributed by atoms with Crippen LogP contribution in [0.5, 0.6) is 0 Å². The van der Waals surface area contributed by atoms with Crippen LogP contribution in [-0.2, 0) is 0 Å². The van der Waals surface area contributed by atoms with E-state index in [0.29, 0.717) is 10.8 Å². The van der Waals surface area contributed by atoms with Crippen molar-refractivity contribution in [3.63, 3.8) is 0 Å². The molecule has 0 aliphatic heterocycles. The quantitative estimate of drug-likeness (QED) is 0.719. The van der Waals surface area contributed by atoms with Gasteiger partial charge in [0.15, 0.2) is 5.76 Å². The molecule has 6 heteroatoms. The van der Waals surface area contributed by atoms with Gasteiger partial charge < -0.3 is 15.9 Å². The summed E-state index contributed by atoms with van der Waals surface area (Å²) in [4.78, 5) is 25.8. The van der Waals surface area contributed by atoms with Crippen LogP contribution < -0.4 is 11.5 Å². The Bertz CT molecular complexity index is 511. The van der Waals surface area contributed by atoms with Crippen LogP contribution in [0.15, 0.2) is 22.9 Å². The molecule has 0 saturated heterocycles. The highest BCUT2D eigenvalue weighted by Gasteiger charge is 2.19. The summed E-state index contributed by atoms with van der Waals surface area (Å²) in [6.07, 6.45) is 2.86. The molecule has 0 radical (unpaired) electrons. The molecule has 0 saturated carbocycles. The summed E-state index contributed by atoms with van der Waals surface area (Å²) in [6, 6.07) is 1.53. The summed E-state index contributed by atoms with van der Waals surface area (Å²) >= 11 is 0. The molecule has 0 unspecified atom stereocenters. The van der Waals surface area contributed by atoms with Gasteiger partial charge in [-0.3, -0.25) is 14.6 Å². The Morgan fingerprint density at radius 1 is 1.13 bits per heavy atom. The highest BCUT2D eigenvalue weighted by molar-refractivity contribution is 6.11. The average Bonchev–Trinajstić information content (AvgIpc) is 2.56. The van der Waals surface area contributed by atoms with E-state index in [1.54, 1.807) is 0 Å². The first-order chi connectivity index (χ1) is 7.11. The number of rotatable bonds is 2. The number of carbonyl (C=O) groups is 2. The molecule has 0 aromatic carbocycles. The normalized spacial score (nSPS) is 10.4. The van der Waals surface area contributed by atoms with Crippen LogP contribution in [0.3, 0.4) is 0 Å². The second-order valence-electron chi connectivity index (χ2n) is 2.91. The minimum Gasteiger partial charge on any atom is -0.444 e. The monoisotopic (exact) mass is 205 g/mol. The van der Waals surface area contributed by atoms with E-state index in [2.05, 4.69) is 4.98 Å². The summed E-state index contributed by atoms with van der Waals surface area (Å²) in [7, 11) is 0. The van der Waals surface area contributed by atoms with Crippen LogP contribution in [0.4, 0.5) is 0 Å². The van der Waals surface area contributed by atoms with Gasteiger partial charge in [0.2, 0.25) is 5.76 Å². The van der Waals surface area contributed by atoms with Crippen LogP contribution in [0.2, 0.25) is 0 Å². The molecule has 2 aromatic rings. The maximum atomic E-state index is 11.0. The molecule has 0 aliphatic rings. The van der Waals surface area contributed by atoms with E-state index in [1.165, 1.54) is 18.5 Å². The molecular weight excluding hydrogens is 198 g/mol. The molecule has 0 fully saturated rings. The van der Waals surface area contributed by atoms with Crippen LogP contribution in [-0.4, -0.2) is 16.8 Å². The van der Waals surface area contributed by atoms with Gasteiger partial charge in [0.1, 0.15) is 0 Å². The fourth-order valence-corrected chi connectivity index (χ4v) is 1.35. The number of aromatic nitrogens is 1. The standard InChI is InChI=1S/C9H7N3O3/c10-8(13)6-4-1-2-12-3-5(4)7(15-6)9(11)14/h1-3H,(H2,10,13)(H2,11,14). The minimum atomic E-state index is -0.763. The van der Waals surface area contributed by atoms with E-state index >= 15 is 0 Å². The molecule has 2 rings (SSSR count). The summed E-state index contributed by atoms with van der Waals surface area (Å²) < 4.78 is 5.00. The molecule has 2 heterocycles. The molecule has 0 spiro atoms. The number of nitrogens with zero attached hydrogens (tertiary/aromatic N) is 1. The molecule has 4 N–H and O–H groups in total. The minimum absolute atomic E-state index is 0.0822. The van der Waals surface area contributed by atoms with E-state index in [1.807, 2.05) is 0 Å². The lowest BCUT2D eigenvalue weighted by molar-refractivity contribution is 0.0953. The third-order valence-electron chi connectivity index (χ3n) is 1.96. The van der Waals surface area contributed by atoms with Crippen molar-refractivity contribution >= 4 is 22.6 Å². The van der Waals surface area contributed by atoms with Crippen LogP contribution in [0, 0.1) is 0 Å². The summed E-state index contributed by atoms with van der Waals surface area (Å²) in [5.41, 5.74) is 10.2. The molecule has 76 valence electrons. The SMILES string of the molecule is NC(=O)c1oc(C(N)=O)c2cnccc12. The highest BCUT2D eigenvalue weighted by Crippen LogP contribution is 2.24. The molecule has 0 aliphatic carbocycles. The Morgan fingerprint density at radius 2 is 1.73 bits per heavy atom. The first-order valence-electron chi connectivity index (χ1n) is 4.07. The lowest BCUT2D eigenvalue weighted by Gasteiger charge is -1.88. The second kappa shape index (κ2) is 3.09. The number of hydrogen-bond donors (Lipinski definition) is 2. The van der Waals surface area contributed by atoms with Gasteiger partial charge in [0.05, 0.1) is 5.39 Å². The van der Waals surface area contributed by atoms with Crippen molar-refractivity contribution in [2.24, 2.45) is 11.5 Å². The van der Waals surface area contributed by atoms with Crippen LogP contribution in [0.1, 0.15) is 21.1 Å². The number of pyridine rings is 1. The second-order valence-corrected chi connectivity index (χ2v) is 2.91. The van der Waals surface area contributed by atoms with Gasteiger partial charge in [-0.2, -0.15) is 0 Å². The van der Waals surface area contributed by atoms with Crippen molar-refractivity contribution in [3.8, 4) is 0 Å². The summed E-state index contributed by atoms with van der Waals surface area (Å²) in [5, 5.41) is 0.824. The van der Waals surface area contributed by atoms with Crippen molar-refractivity contribution in [2.45, 2.75) is 0 Å². The number of furan rings is 1. The van der Waals surface area contributed by atoms with Gasteiger partial charge in [0.25, 0.3) is 11.8 Å². The predicted molar refractivity (Wildman–Crippen MR) is 51.0 cm³/mol. The zero-order valence-electron chi connectivity index (χ0n) is 7.56. The fraction of sp³-hybridized carbons (Fsp3) is 0. The Balaban J connectivity index is 2.85. The van der Waals surface area contributed by atoms with E-state index in [9.17, 15) is 9.59 Å². The van der Waals surface area contributed by atoms with Crippen molar-refractivity contribution in [2.75, 3.05) is 0 Å². The van der Waals surface area contributed by atoms with Crippen molar-refractivity contribution in [3.05, 3.63) is 30.0 Å². The van der Waals surface area contributed by atoms with Crippen molar-refractivity contribution in [1.29, 1.82) is 0 Å². The molecule has 15 heavy (non-hydrogen) atoms. The highest BCUT2D eigenvalue weighted by atomic mass is 16.4. The number of amides is 2. The third kappa shape index (κ3) is 1.32. The smallest absolute Gasteiger partial charge is 0.285 e. The lowest BCUT2D eigenvalue weighted by atomic mass is 10.2. The van der Waals surface area contributed by atoms with Gasteiger partial charge in [0, 0.05) is 17.8 Å². The Hall–Kier alpha value is -2.37. The zero-order valence-corrected chi connectivity index (χ0v) is 7.56. The van der Waals surface area contributed by atoms with Gasteiger partial charge in [-0.1, -0.05) is 0 Å². The summed E-state index contributed by atoms with van der Waals surface area (Å²) in [6.45, 7) is 0. The van der Waals surface area contributed by atoms with E-state index in [4.69, 9.17) is 15.9 Å². The topological polar surface area (TPSA) is 112 Å². The lowest BCUT2D eigenvalue weighted by Crippen LogP contribution is -2.11. The van der Waals surface area contributed by atoms with Gasteiger partial charge >= 0.3 is 0 Å². The molecule has 0 bridgehead atoms. The van der Waals surface area contributed by atoms with Crippen molar-refractivity contribution in [1.82, 2.24) is 4.98 Å². The maximum Gasteiger partial charge on any atom is 0.285 e. The first-order valence-corrected chi connectivity index (χ1v) is 4.07. The van der Waals surface area contributed by atoms with E-state index in [0.717, 1.165) is 0 Å². The van der Waals surface area contributed by atoms with Gasteiger partial charge in [-0.05, 0) is 6.07 Å². The third-order valence-corrected chi connectivity index (χ3v) is 1.96. The van der Waals surface area contributed by atoms with Gasteiger partial charge in [-0.25, -0.2) is 0 Å². The Kier molecular flexibility index (Phi) is 1.89. The number of nitrogens with two attached hydrogens (primary N) is 2. The first kappa shape index (κ1) is 9.20. The predicted octanol–water partition coefficient (Wildman–Crippen LogP) is 0.0256. The molecule has 2 aromatic heterocycles. The number of fused-ring (bicyclic) bond motifs is 1. The Labute approximate surface area is 83.9 Å². The fourth-order valence-electron chi connectivity index (χ4n) is 1.35. The number of carbonyl (C=O) groups excluding carboxylic acids is 2.